The normalized spacial score (nSPS) is 35.8. The van der Waals surface area contributed by atoms with Crippen LogP contribution in [0.25, 0.3) is 0 Å². The number of unbranched alkanes of at least 4 members (excludes halogenated alkanes) is 2. The molecule has 0 saturated heterocycles. The van der Waals surface area contributed by atoms with Crippen LogP contribution in [-0.4, -0.2) is 11.2 Å². The first-order chi connectivity index (χ1) is 5.75. The minimum Gasteiger partial charge on any atom is -0.393 e. The summed E-state index contributed by atoms with van der Waals surface area (Å²) in [6.45, 7) is 4.52. The van der Waals surface area contributed by atoms with Gasteiger partial charge < -0.3 is 5.11 Å². The van der Waals surface area contributed by atoms with Gasteiger partial charge in [0.1, 0.15) is 0 Å². The molecule has 0 aromatic rings. The molecule has 3 atom stereocenters. The Hall–Kier alpha value is -0.0400. The highest BCUT2D eigenvalue weighted by molar-refractivity contribution is 4.81. The fourth-order valence-corrected chi connectivity index (χ4v) is 2.35. The first kappa shape index (κ1) is 10.0. The molecule has 1 aliphatic carbocycles. The molecule has 1 rings (SSSR count). The molecular formula is C11H22O. The second kappa shape index (κ2) is 4.86. The van der Waals surface area contributed by atoms with Gasteiger partial charge in [0.2, 0.25) is 0 Å². The largest absolute Gasteiger partial charge is 0.393 e. The number of hydrogen-bond acceptors (Lipinski definition) is 1. The van der Waals surface area contributed by atoms with Crippen LogP contribution < -0.4 is 0 Å². The zero-order valence-electron chi connectivity index (χ0n) is 8.42. The Morgan fingerprint density at radius 3 is 2.50 bits per heavy atom. The Bertz CT molecular complexity index is 112. The Morgan fingerprint density at radius 2 is 2.00 bits per heavy atom. The molecule has 0 radical (unpaired) electrons. The zero-order valence-corrected chi connectivity index (χ0v) is 8.42. The van der Waals surface area contributed by atoms with E-state index in [9.17, 15) is 5.11 Å². The van der Waals surface area contributed by atoms with Crippen LogP contribution in [0.5, 0.6) is 0 Å². The zero-order chi connectivity index (χ0) is 8.97. The van der Waals surface area contributed by atoms with E-state index < -0.39 is 0 Å². The van der Waals surface area contributed by atoms with E-state index in [1.807, 2.05) is 0 Å². The Morgan fingerprint density at radius 1 is 1.25 bits per heavy atom. The standard InChI is InChI=1S/C11H22O/c1-3-4-5-6-10-9(2)7-8-11(10)12/h9-12H,3-8H2,1-2H3/t9-,10-,11-/m1/s1. The molecule has 0 unspecified atom stereocenters. The molecule has 12 heavy (non-hydrogen) atoms. The van der Waals surface area contributed by atoms with Crippen LogP contribution in [0.3, 0.4) is 0 Å². The lowest BCUT2D eigenvalue weighted by atomic mass is 9.91. The topological polar surface area (TPSA) is 20.2 Å². The summed E-state index contributed by atoms with van der Waals surface area (Å²) in [5.41, 5.74) is 0. The first-order valence-corrected chi connectivity index (χ1v) is 5.43. The highest BCUT2D eigenvalue weighted by Gasteiger charge is 2.30. The summed E-state index contributed by atoms with van der Waals surface area (Å²) in [5.74, 6) is 1.37. The number of aliphatic hydroxyl groups is 1. The van der Waals surface area contributed by atoms with Gasteiger partial charge in [-0.05, 0) is 31.1 Å². The maximum atomic E-state index is 9.66. The van der Waals surface area contributed by atoms with Crippen molar-refractivity contribution in [2.24, 2.45) is 11.8 Å². The number of aliphatic hydroxyl groups excluding tert-OH is 1. The van der Waals surface area contributed by atoms with E-state index in [0.717, 1.165) is 12.3 Å². The smallest absolute Gasteiger partial charge is 0.0571 e. The average Bonchev–Trinajstić information content (AvgIpc) is 2.35. The maximum Gasteiger partial charge on any atom is 0.0571 e. The summed E-state index contributed by atoms with van der Waals surface area (Å²) in [4.78, 5) is 0. The molecule has 0 aliphatic heterocycles. The van der Waals surface area contributed by atoms with E-state index >= 15 is 0 Å². The molecule has 1 fully saturated rings. The molecule has 1 N–H and O–H groups in total. The maximum absolute atomic E-state index is 9.66. The van der Waals surface area contributed by atoms with Gasteiger partial charge in [-0.25, -0.2) is 0 Å². The molecule has 0 spiro atoms. The second-order valence-corrected chi connectivity index (χ2v) is 4.28. The van der Waals surface area contributed by atoms with Crippen LogP contribution in [0.4, 0.5) is 0 Å². The van der Waals surface area contributed by atoms with Gasteiger partial charge in [0, 0.05) is 0 Å². The van der Waals surface area contributed by atoms with Gasteiger partial charge in [0.05, 0.1) is 6.10 Å². The van der Waals surface area contributed by atoms with Gasteiger partial charge in [0.25, 0.3) is 0 Å². The van der Waals surface area contributed by atoms with Crippen LogP contribution in [0.2, 0.25) is 0 Å². The lowest BCUT2D eigenvalue weighted by Gasteiger charge is -2.18. The number of rotatable bonds is 4. The minimum absolute atomic E-state index is 0.0110. The van der Waals surface area contributed by atoms with Crippen LogP contribution in [0.1, 0.15) is 52.4 Å². The highest BCUT2D eigenvalue weighted by Crippen LogP contribution is 2.35. The fraction of sp³-hybridized carbons (Fsp3) is 1.00. The van der Waals surface area contributed by atoms with Crippen LogP contribution in [-0.2, 0) is 0 Å². The summed E-state index contributed by atoms with van der Waals surface area (Å²) in [7, 11) is 0. The molecule has 0 amide bonds. The van der Waals surface area contributed by atoms with Crippen LogP contribution in [0.15, 0.2) is 0 Å². The molecule has 1 aliphatic rings. The summed E-state index contributed by atoms with van der Waals surface area (Å²) in [5, 5.41) is 9.66. The van der Waals surface area contributed by atoms with E-state index in [2.05, 4.69) is 13.8 Å². The quantitative estimate of drug-likeness (QED) is 0.643. The Balaban J connectivity index is 2.20. The van der Waals surface area contributed by atoms with E-state index in [-0.39, 0.29) is 6.10 Å². The molecule has 1 heteroatoms. The molecule has 1 saturated carbocycles. The van der Waals surface area contributed by atoms with Crippen molar-refractivity contribution in [2.75, 3.05) is 0 Å². The third-order valence-electron chi connectivity index (χ3n) is 3.28. The third kappa shape index (κ3) is 2.48. The van der Waals surface area contributed by atoms with E-state index in [1.165, 1.54) is 32.1 Å². The number of hydrogen-bond donors (Lipinski definition) is 1. The predicted molar refractivity (Wildman–Crippen MR) is 52.0 cm³/mol. The molecule has 0 heterocycles. The lowest BCUT2D eigenvalue weighted by Crippen LogP contribution is -2.17. The molecular weight excluding hydrogens is 148 g/mol. The van der Waals surface area contributed by atoms with Crippen molar-refractivity contribution in [1.29, 1.82) is 0 Å². The van der Waals surface area contributed by atoms with Crippen molar-refractivity contribution in [2.45, 2.75) is 58.5 Å². The van der Waals surface area contributed by atoms with Crippen molar-refractivity contribution in [3.8, 4) is 0 Å². The molecule has 0 bridgehead atoms. The van der Waals surface area contributed by atoms with Gasteiger partial charge in [-0.15, -0.1) is 0 Å². The minimum atomic E-state index is 0.0110. The summed E-state index contributed by atoms with van der Waals surface area (Å²) in [6.07, 6.45) is 7.46. The van der Waals surface area contributed by atoms with E-state index in [4.69, 9.17) is 0 Å². The van der Waals surface area contributed by atoms with Crippen LogP contribution in [0, 0.1) is 11.8 Å². The van der Waals surface area contributed by atoms with Crippen molar-refractivity contribution in [3.05, 3.63) is 0 Å². The first-order valence-electron chi connectivity index (χ1n) is 5.43. The Labute approximate surface area is 76.2 Å². The van der Waals surface area contributed by atoms with Crippen molar-refractivity contribution in [3.63, 3.8) is 0 Å². The van der Waals surface area contributed by atoms with Gasteiger partial charge in [-0.3, -0.25) is 0 Å². The summed E-state index contributed by atoms with van der Waals surface area (Å²) < 4.78 is 0. The van der Waals surface area contributed by atoms with Gasteiger partial charge in [-0.1, -0.05) is 33.1 Å². The molecule has 1 nitrogen and oxygen atoms in total. The van der Waals surface area contributed by atoms with Crippen LogP contribution >= 0.6 is 0 Å². The van der Waals surface area contributed by atoms with Crippen molar-refractivity contribution in [1.82, 2.24) is 0 Å². The van der Waals surface area contributed by atoms with E-state index in [0.29, 0.717) is 5.92 Å². The lowest BCUT2D eigenvalue weighted by molar-refractivity contribution is 0.113. The fourth-order valence-electron chi connectivity index (χ4n) is 2.35. The van der Waals surface area contributed by atoms with Crippen molar-refractivity contribution < 1.29 is 5.11 Å². The van der Waals surface area contributed by atoms with Gasteiger partial charge in [-0.2, -0.15) is 0 Å². The van der Waals surface area contributed by atoms with Gasteiger partial charge in [0.15, 0.2) is 0 Å². The molecule has 0 aromatic carbocycles. The highest BCUT2D eigenvalue weighted by atomic mass is 16.3. The summed E-state index contributed by atoms with van der Waals surface area (Å²) in [6, 6.07) is 0. The monoisotopic (exact) mass is 170 g/mol. The van der Waals surface area contributed by atoms with Crippen molar-refractivity contribution >= 4 is 0 Å². The third-order valence-corrected chi connectivity index (χ3v) is 3.28. The second-order valence-electron chi connectivity index (χ2n) is 4.28. The molecule has 72 valence electrons. The summed E-state index contributed by atoms with van der Waals surface area (Å²) >= 11 is 0. The van der Waals surface area contributed by atoms with Gasteiger partial charge >= 0.3 is 0 Å². The Kier molecular flexibility index (Phi) is 4.07. The molecule has 0 aromatic heterocycles. The SMILES string of the molecule is CCCCC[C@@H]1[C@H](C)CC[C@H]1O. The predicted octanol–water partition coefficient (Wildman–Crippen LogP) is 2.97. The van der Waals surface area contributed by atoms with E-state index in [1.54, 1.807) is 0 Å². The average molecular weight is 170 g/mol.